The van der Waals surface area contributed by atoms with E-state index < -0.39 is 0 Å². The molecule has 1 atom stereocenters. The van der Waals surface area contributed by atoms with Crippen LogP contribution in [-0.4, -0.2) is 23.7 Å². The predicted octanol–water partition coefficient (Wildman–Crippen LogP) is 3.37. The van der Waals surface area contributed by atoms with Crippen molar-refractivity contribution in [3.8, 4) is 5.75 Å². The Labute approximate surface area is 131 Å². The SMILES string of the molecule is CCc1nnsc1C(Cc1ccc(OC)c(Br)c1)NC. The van der Waals surface area contributed by atoms with Crippen molar-refractivity contribution in [1.29, 1.82) is 0 Å². The lowest BCUT2D eigenvalue weighted by Crippen LogP contribution is -2.19. The highest BCUT2D eigenvalue weighted by atomic mass is 79.9. The molecule has 6 heteroatoms. The largest absolute Gasteiger partial charge is 0.496 e. The molecule has 1 N–H and O–H groups in total. The molecule has 0 amide bonds. The van der Waals surface area contributed by atoms with E-state index in [1.54, 1.807) is 7.11 Å². The molecule has 0 radical (unpaired) electrons. The lowest BCUT2D eigenvalue weighted by Gasteiger charge is -2.16. The molecule has 0 aliphatic heterocycles. The lowest BCUT2D eigenvalue weighted by molar-refractivity contribution is 0.412. The van der Waals surface area contributed by atoms with E-state index in [1.165, 1.54) is 22.0 Å². The van der Waals surface area contributed by atoms with Crippen molar-refractivity contribution in [3.63, 3.8) is 0 Å². The van der Waals surface area contributed by atoms with Crippen molar-refractivity contribution < 1.29 is 4.74 Å². The first kappa shape index (κ1) is 15.4. The number of hydrogen-bond acceptors (Lipinski definition) is 5. The lowest BCUT2D eigenvalue weighted by atomic mass is 10.0. The monoisotopic (exact) mass is 355 g/mol. The van der Waals surface area contributed by atoms with Gasteiger partial charge in [0.05, 0.1) is 22.2 Å². The highest BCUT2D eigenvalue weighted by molar-refractivity contribution is 9.10. The predicted molar refractivity (Wildman–Crippen MR) is 85.5 cm³/mol. The number of aromatic nitrogens is 2. The van der Waals surface area contributed by atoms with E-state index >= 15 is 0 Å². The molecular formula is C14H18BrN3OS. The number of nitrogens with zero attached hydrogens (tertiary/aromatic N) is 2. The van der Waals surface area contributed by atoms with Crippen LogP contribution in [0.5, 0.6) is 5.75 Å². The van der Waals surface area contributed by atoms with Gasteiger partial charge in [-0.2, -0.15) is 0 Å². The van der Waals surface area contributed by atoms with Crippen LogP contribution >= 0.6 is 27.5 Å². The van der Waals surface area contributed by atoms with Crippen molar-refractivity contribution >= 4 is 27.5 Å². The first-order chi connectivity index (χ1) is 9.69. The minimum Gasteiger partial charge on any atom is -0.496 e. The molecular weight excluding hydrogens is 338 g/mol. The third kappa shape index (κ3) is 3.37. The molecule has 0 saturated carbocycles. The quantitative estimate of drug-likeness (QED) is 0.862. The Balaban J connectivity index is 2.20. The molecule has 20 heavy (non-hydrogen) atoms. The van der Waals surface area contributed by atoms with Gasteiger partial charge in [-0.1, -0.05) is 17.5 Å². The average molecular weight is 356 g/mol. The van der Waals surface area contributed by atoms with Crippen LogP contribution in [0, 0.1) is 0 Å². The zero-order valence-electron chi connectivity index (χ0n) is 11.8. The molecule has 2 rings (SSSR count). The minimum absolute atomic E-state index is 0.241. The summed E-state index contributed by atoms with van der Waals surface area (Å²) in [6, 6.07) is 6.42. The maximum atomic E-state index is 5.26. The van der Waals surface area contributed by atoms with Gasteiger partial charge in [-0.15, -0.1) is 5.10 Å². The van der Waals surface area contributed by atoms with E-state index in [0.29, 0.717) is 0 Å². The third-order valence-corrected chi connectivity index (χ3v) is 4.74. The van der Waals surface area contributed by atoms with Crippen LogP contribution in [0.25, 0.3) is 0 Å². The van der Waals surface area contributed by atoms with Crippen molar-refractivity contribution in [2.45, 2.75) is 25.8 Å². The van der Waals surface area contributed by atoms with Crippen LogP contribution in [0.3, 0.4) is 0 Å². The van der Waals surface area contributed by atoms with Gasteiger partial charge in [-0.05, 0) is 65.0 Å². The van der Waals surface area contributed by atoms with Gasteiger partial charge in [0.25, 0.3) is 0 Å². The summed E-state index contributed by atoms with van der Waals surface area (Å²) in [4.78, 5) is 1.22. The molecule has 108 valence electrons. The Morgan fingerprint density at radius 3 is 2.85 bits per heavy atom. The number of aryl methyl sites for hydroxylation is 1. The van der Waals surface area contributed by atoms with Gasteiger partial charge in [0, 0.05) is 6.04 Å². The summed E-state index contributed by atoms with van der Waals surface area (Å²) in [5, 5.41) is 7.55. The first-order valence-corrected chi connectivity index (χ1v) is 8.07. The zero-order valence-corrected chi connectivity index (χ0v) is 14.2. The fraction of sp³-hybridized carbons (Fsp3) is 0.429. The topological polar surface area (TPSA) is 47.0 Å². The molecule has 1 aromatic heterocycles. The molecule has 4 nitrogen and oxygen atoms in total. The Morgan fingerprint density at radius 2 is 2.25 bits per heavy atom. The minimum atomic E-state index is 0.241. The van der Waals surface area contributed by atoms with E-state index in [2.05, 4.69) is 49.9 Å². The number of likely N-dealkylation sites (N-methyl/N-ethyl adjacent to an activating group) is 1. The smallest absolute Gasteiger partial charge is 0.133 e. The van der Waals surface area contributed by atoms with E-state index in [1.807, 2.05) is 13.1 Å². The summed E-state index contributed by atoms with van der Waals surface area (Å²) in [7, 11) is 3.65. The molecule has 1 unspecified atom stereocenters. The highest BCUT2D eigenvalue weighted by Crippen LogP contribution is 2.29. The highest BCUT2D eigenvalue weighted by Gasteiger charge is 2.17. The van der Waals surface area contributed by atoms with Gasteiger partial charge >= 0.3 is 0 Å². The third-order valence-electron chi connectivity index (χ3n) is 3.24. The van der Waals surface area contributed by atoms with Gasteiger partial charge in [-0.3, -0.25) is 0 Å². The van der Waals surface area contributed by atoms with Gasteiger partial charge < -0.3 is 10.1 Å². The summed E-state index contributed by atoms with van der Waals surface area (Å²) in [5.41, 5.74) is 2.33. The normalized spacial score (nSPS) is 12.4. The van der Waals surface area contributed by atoms with E-state index in [9.17, 15) is 0 Å². The fourth-order valence-electron chi connectivity index (χ4n) is 2.12. The van der Waals surface area contributed by atoms with Crippen molar-refractivity contribution in [2.75, 3.05) is 14.2 Å². The Hall–Kier alpha value is -0.980. The number of halogens is 1. The molecule has 0 fully saturated rings. The second kappa shape index (κ2) is 7.15. The Kier molecular flexibility index (Phi) is 5.51. The number of benzene rings is 1. The van der Waals surface area contributed by atoms with Crippen LogP contribution in [0.4, 0.5) is 0 Å². The maximum Gasteiger partial charge on any atom is 0.133 e. The first-order valence-electron chi connectivity index (χ1n) is 6.50. The molecule has 1 aromatic carbocycles. The fourth-order valence-corrected chi connectivity index (χ4v) is 3.56. The second-order valence-corrected chi connectivity index (χ2v) is 6.09. The molecule has 2 aromatic rings. The summed E-state index contributed by atoms with van der Waals surface area (Å²) in [6.07, 6.45) is 1.81. The Bertz CT molecular complexity index is 573. The van der Waals surface area contributed by atoms with Crippen molar-refractivity contribution in [3.05, 3.63) is 38.8 Å². The summed E-state index contributed by atoms with van der Waals surface area (Å²) >= 11 is 5.01. The Morgan fingerprint density at radius 1 is 1.45 bits per heavy atom. The molecule has 0 bridgehead atoms. The molecule has 0 aliphatic carbocycles. The van der Waals surface area contributed by atoms with Gasteiger partial charge in [0.15, 0.2) is 0 Å². The summed E-state index contributed by atoms with van der Waals surface area (Å²) in [6.45, 7) is 2.11. The van der Waals surface area contributed by atoms with Crippen molar-refractivity contribution in [1.82, 2.24) is 14.9 Å². The summed E-state index contributed by atoms with van der Waals surface area (Å²) in [5.74, 6) is 0.850. The van der Waals surface area contributed by atoms with E-state index in [0.717, 1.165) is 28.8 Å². The van der Waals surface area contributed by atoms with E-state index in [4.69, 9.17) is 4.74 Å². The van der Waals surface area contributed by atoms with Gasteiger partial charge in [0.1, 0.15) is 5.75 Å². The molecule has 0 spiro atoms. The van der Waals surface area contributed by atoms with Crippen LogP contribution in [-0.2, 0) is 12.8 Å². The standard InChI is InChI=1S/C14H18BrN3OS/c1-4-11-14(20-18-17-11)12(16-2)8-9-5-6-13(19-3)10(15)7-9/h5-7,12,16H,4,8H2,1-3H3. The molecule has 0 aliphatic rings. The summed E-state index contributed by atoms with van der Waals surface area (Å²) < 4.78 is 10.3. The van der Waals surface area contributed by atoms with Crippen LogP contribution in [0.15, 0.2) is 22.7 Å². The maximum absolute atomic E-state index is 5.26. The molecule has 1 heterocycles. The average Bonchev–Trinajstić information content (AvgIpc) is 2.93. The number of ether oxygens (including phenoxy) is 1. The van der Waals surface area contributed by atoms with Crippen LogP contribution < -0.4 is 10.1 Å². The number of nitrogens with one attached hydrogen (secondary N) is 1. The van der Waals surface area contributed by atoms with Crippen LogP contribution in [0.2, 0.25) is 0 Å². The zero-order chi connectivity index (χ0) is 14.5. The number of hydrogen-bond donors (Lipinski definition) is 1. The second-order valence-electron chi connectivity index (χ2n) is 4.45. The molecule has 0 saturated heterocycles. The van der Waals surface area contributed by atoms with E-state index in [-0.39, 0.29) is 6.04 Å². The van der Waals surface area contributed by atoms with Gasteiger partial charge in [-0.25, -0.2) is 0 Å². The van der Waals surface area contributed by atoms with Crippen molar-refractivity contribution in [2.24, 2.45) is 0 Å². The van der Waals surface area contributed by atoms with Gasteiger partial charge in [0.2, 0.25) is 0 Å². The van der Waals surface area contributed by atoms with Crippen LogP contribution in [0.1, 0.15) is 29.1 Å². The number of methoxy groups -OCH3 is 1. The number of rotatable bonds is 6.